The molecule has 0 aliphatic heterocycles. The quantitative estimate of drug-likeness (QED) is 0.193. The largest absolute Gasteiger partial charge is 0.310 e. The first kappa shape index (κ1) is 27.9. The van der Waals surface area contributed by atoms with Gasteiger partial charge in [0.2, 0.25) is 0 Å². The zero-order valence-electron chi connectivity index (χ0n) is 27.4. The third-order valence-electron chi connectivity index (χ3n) is 10.8. The standard InChI is InChI=1S/C46H37N/c1-45(2)37-28-15-13-25-35(37)40-39(34-27-17-19-30-18-11-12-24-33(30)34)41-36-26-14-16-29-38(36)46(3,4)43(41)44(42(40)45)47(31-20-7-5-8-21-31)32-22-9-6-10-23-32/h5-29H,1-4H3. The molecule has 0 amide bonds. The van der Waals surface area contributed by atoms with Crippen LogP contribution in [0.5, 0.6) is 0 Å². The average molecular weight is 604 g/mol. The van der Waals surface area contributed by atoms with Gasteiger partial charge in [0.1, 0.15) is 0 Å². The number of hydrogen-bond donors (Lipinski definition) is 0. The first-order valence-corrected chi connectivity index (χ1v) is 16.7. The summed E-state index contributed by atoms with van der Waals surface area (Å²) in [5, 5.41) is 2.56. The van der Waals surface area contributed by atoms with Gasteiger partial charge in [-0.15, -0.1) is 0 Å². The van der Waals surface area contributed by atoms with E-state index in [4.69, 9.17) is 0 Å². The molecular weight excluding hydrogens is 567 g/mol. The Hall–Kier alpha value is -5.40. The zero-order chi connectivity index (χ0) is 31.9. The molecule has 9 rings (SSSR count). The molecule has 1 heteroatoms. The highest BCUT2D eigenvalue weighted by molar-refractivity contribution is 6.13. The lowest BCUT2D eigenvalue weighted by molar-refractivity contribution is 0.640. The minimum absolute atomic E-state index is 0.248. The van der Waals surface area contributed by atoms with E-state index in [9.17, 15) is 0 Å². The number of para-hydroxylation sites is 2. The fraction of sp³-hybridized carbons (Fsp3) is 0.130. The summed E-state index contributed by atoms with van der Waals surface area (Å²) in [5.74, 6) is 0. The van der Waals surface area contributed by atoms with Crippen LogP contribution >= 0.6 is 0 Å². The molecule has 0 N–H and O–H groups in total. The molecule has 0 bridgehead atoms. The van der Waals surface area contributed by atoms with E-state index in [-0.39, 0.29) is 10.8 Å². The fourth-order valence-electron chi connectivity index (χ4n) is 8.75. The smallest absolute Gasteiger partial charge is 0.0556 e. The summed E-state index contributed by atoms with van der Waals surface area (Å²) in [6.07, 6.45) is 0. The van der Waals surface area contributed by atoms with Gasteiger partial charge in [0.25, 0.3) is 0 Å². The van der Waals surface area contributed by atoms with E-state index in [0.717, 1.165) is 0 Å². The van der Waals surface area contributed by atoms with Gasteiger partial charge in [0.05, 0.1) is 5.69 Å². The fourth-order valence-corrected chi connectivity index (χ4v) is 8.75. The van der Waals surface area contributed by atoms with E-state index in [1.807, 2.05) is 0 Å². The van der Waals surface area contributed by atoms with E-state index in [2.05, 4.69) is 184 Å². The number of benzene rings is 7. The molecule has 0 atom stereocenters. The molecule has 0 aromatic heterocycles. The molecule has 7 aromatic rings. The van der Waals surface area contributed by atoms with Crippen molar-refractivity contribution in [1.29, 1.82) is 0 Å². The van der Waals surface area contributed by atoms with Crippen LogP contribution in [0.3, 0.4) is 0 Å². The number of fused-ring (bicyclic) bond motifs is 7. The van der Waals surface area contributed by atoms with Crippen molar-refractivity contribution in [2.75, 3.05) is 4.90 Å². The third kappa shape index (κ3) is 3.83. The van der Waals surface area contributed by atoms with Crippen molar-refractivity contribution >= 4 is 27.8 Å². The molecule has 1 nitrogen and oxygen atoms in total. The molecule has 0 heterocycles. The molecule has 47 heavy (non-hydrogen) atoms. The summed E-state index contributed by atoms with van der Waals surface area (Å²) in [4.78, 5) is 2.55. The van der Waals surface area contributed by atoms with Gasteiger partial charge in [-0.05, 0) is 90.7 Å². The second-order valence-electron chi connectivity index (χ2n) is 14.1. The molecule has 0 saturated heterocycles. The first-order valence-electron chi connectivity index (χ1n) is 16.7. The molecule has 2 aliphatic rings. The van der Waals surface area contributed by atoms with Gasteiger partial charge in [0, 0.05) is 22.2 Å². The lowest BCUT2D eigenvalue weighted by atomic mass is 9.73. The Kier molecular flexibility index (Phi) is 5.96. The Morgan fingerprint density at radius 3 is 1.36 bits per heavy atom. The molecule has 0 radical (unpaired) electrons. The van der Waals surface area contributed by atoms with Gasteiger partial charge in [-0.3, -0.25) is 0 Å². The van der Waals surface area contributed by atoms with Gasteiger partial charge in [-0.2, -0.15) is 0 Å². The van der Waals surface area contributed by atoms with Gasteiger partial charge >= 0.3 is 0 Å². The highest BCUT2D eigenvalue weighted by atomic mass is 15.2. The summed E-state index contributed by atoms with van der Waals surface area (Å²) >= 11 is 0. The summed E-state index contributed by atoms with van der Waals surface area (Å²) in [6, 6.07) is 55.9. The second-order valence-corrected chi connectivity index (χ2v) is 14.1. The Balaban J connectivity index is 1.56. The number of nitrogens with zero attached hydrogens (tertiary/aromatic N) is 1. The lowest BCUT2D eigenvalue weighted by Crippen LogP contribution is -2.26. The van der Waals surface area contributed by atoms with E-state index in [1.54, 1.807) is 0 Å². The maximum absolute atomic E-state index is 2.55. The first-order chi connectivity index (χ1) is 22.9. The Bertz CT molecular complexity index is 2210. The van der Waals surface area contributed by atoms with Crippen LogP contribution in [0.4, 0.5) is 17.1 Å². The highest BCUT2D eigenvalue weighted by Gasteiger charge is 2.49. The minimum atomic E-state index is -0.248. The minimum Gasteiger partial charge on any atom is -0.310 e. The third-order valence-corrected chi connectivity index (χ3v) is 10.8. The number of hydrogen-bond acceptors (Lipinski definition) is 1. The van der Waals surface area contributed by atoms with Crippen LogP contribution in [-0.2, 0) is 10.8 Å². The second kappa shape index (κ2) is 10.0. The van der Waals surface area contributed by atoms with Crippen LogP contribution in [0.25, 0.3) is 44.2 Å². The van der Waals surface area contributed by atoms with Crippen molar-refractivity contribution in [3.63, 3.8) is 0 Å². The molecule has 0 unspecified atom stereocenters. The predicted octanol–water partition coefficient (Wildman–Crippen LogP) is 12.6. The maximum Gasteiger partial charge on any atom is 0.0556 e. The van der Waals surface area contributed by atoms with Crippen molar-refractivity contribution in [3.8, 4) is 33.4 Å². The lowest BCUT2D eigenvalue weighted by Gasteiger charge is -2.38. The molecule has 226 valence electrons. The van der Waals surface area contributed by atoms with Crippen LogP contribution < -0.4 is 4.90 Å². The van der Waals surface area contributed by atoms with E-state index in [1.165, 1.54) is 83.5 Å². The molecule has 7 aromatic carbocycles. The summed E-state index contributed by atoms with van der Waals surface area (Å²) in [7, 11) is 0. The van der Waals surface area contributed by atoms with Crippen molar-refractivity contribution in [2.24, 2.45) is 0 Å². The zero-order valence-corrected chi connectivity index (χ0v) is 27.4. The van der Waals surface area contributed by atoms with Gasteiger partial charge in [-0.25, -0.2) is 0 Å². The van der Waals surface area contributed by atoms with Crippen molar-refractivity contribution in [3.05, 3.63) is 174 Å². The summed E-state index contributed by atoms with van der Waals surface area (Å²) in [5.41, 5.74) is 16.7. The summed E-state index contributed by atoms with van der Waals surface area (Å²) in [6.45, 7) is 9.74. The van der Waals surface area contributed by atoms with E-state index in [0.29, 0.717) is 0 Å². The number of anilines is 3. The average Bonchev–Trinajstić information content (AvgIpc) is 3.49. The van der Waals surface area contributed by atoms with Crippen LogP contribution in [0.2, 0.25) is 0 Å². The molecule has 0 fully saturated rings. The SMILES string of the molecule is CC1(C)c2ccccc2-c2c(-c3cccc4ccccc34)c3c(c(N(c4ccccc4)c4ccccc4)c21)C(C)(C)c1ccccc1-3. The van der Waals surface area contributed by atoms with Gasteiger partial charge < -0.3 is 4.90 Å². The normalized spacial score (nSPS) is 14.7. The predicted molar refractivity (Wildman–Crippen MR) is 199 cm³/mol. The Morgan fingerprint density at radius 2 is 0.809 bits per heavy atom. The van der Waals surface area contributed by atoms with Crippen LogP contribution in [0.1, 0.15) is 49.9 Å². The van der Waals surface area contributed by atoms with E-state index < -0.39 is 0 Å². The van der Waals surface area contributed by atoms with Gasteiger partial charge in [-0.1, -0.05) is 155 Å². The van der Waals surface area contributed by atoms with Crippen molar-refractivity contribution < 1.29 is 0 Å². The maximum atomic E-state index is 2.55. The Labute approximate surface area is 277 Å². The molecular formula is C46H37N. The monoisotopic (exact) mass is 603 g/mol. The van der Waals surface area contributed by atoms with E-state index >= 15 is 0 Å². The van der Waals surface area contributed by atoms with Gasteiger partial charge in [0.15, 0.2) is 0 Å². The van der Waals surface area contributed by atoms with Crippen LogP contribution in [-0.4, -0.2) is 0 Å². The van der Waals surface area contributed by atoms with Crippen molar-refractivity contribution in [1.82, 2.24) is 0 Å². The van der Waals surface area contributed by atoms with Crippen LogP contribution in [0.15, 0.2) is 152 Å². The number of rotatable bonds is 4. The molecule has 2 aliphatic carbocycles. The Morgan fingerprint density at radius 1 is 0.383 bits per heavy atom. The molecule has 0 spiro atoms. The summed E-state index contributed by atoms with van der Waals surface area (Å²) < 4.78 is 0. The topological polar surface area (TPSA) is 3.24 Å². The van der Waals surface area contributed by atoms with Crippen molar-refractivity contribution in [2.45, 2.75) is 38.5 Å². The highest BCUT2D eigenvalue weighted by Crippen LogP contribution is 2.66. The van der Waals surface area contributed by atoms with Crippen LogP contribution in [0, 0.1) is 0 Å². The molecule has 0 saturated carbocycles.